The van der Waals surface area contributed by atoms with Crippen molar-refractivity contribution >= 4 is 22.7 Å². The van der Waals surface area contributed by atoms with Gasteiger partial charge in [-0.15, -0.1) is 22.7 Å². The third-order valence-corrected chi connectivity index (χ3v) is 9.58. The predicted octanol–water partition coefficient (Wildman–Crippen LogP) is 11.7. The minimum Gasteiger partial charge on any atom is -0.494 e. The minimum atomic E-state index is 0.752. The van der Waals surface area contributed by atoms with Crippen molar-refractivity contribution in [1.29, 1.82) is 0 Å². The zero-order valence-corrected chi connectivity index (χ0v) is 25.6. The molecule has 6 aromatic rings. The van der Waals surface area contributed by atoms with Crippen molar-refractivity contribution in [3.63, 3.8) is 0 Å². The zero-order chi connectivity index (χ0) is 28.7. The average molecular weight is 587 g/mol. The van der Waals surface area contributed by atoms with Gasteiger partial charge in [0.25, 0.3) is 0 Å². The topological polar surface area (TPSA) is 18.5 Å². The third-order valence-electron chi connectivity index (χ3n) is 7.11. The Balaban J connectivity index is 1.12. The summed E-state index contributed by atoms with van der Waals surface area (Å²) in [4.78, 5) is 5.17. The van der Waals surface area contributed by atoms with Gasteiger partial charge >= 0.3 is 0 Å². The van der Waals surface area contributed by atoms with Crippen LogP contribution in [0.4, 0.5) is 0 Å². The van der Waals surface area contributed by atoms with E-state index >= 15 is 0 Å². The van der Waals surface area contributed by atoms with Crippen LogP contribution in [0.2, 0.25) is 0 Å². The van der Waals surface area contributed by atoms with Crippen LogP contribution in [0.3, 0.4) is 0 Å². The lowest BCUT2D eigenvalue weighted by atomic mass is 10.0. The van der Waals surface area contributed by atoms with Crippen LogP contribution in [0.5, 0.6) is 11.5 Å². The van der Waals surface area contributed by atoms with E-state index in [1.165, 1.54) is 52.9 Å². The Morgan fingerprint density at radius 2 is 0.643 bits per heavy atom. The molecule has 0 radical (unpaired) electrons. The molecule has 0 saturated heterocycles. The van der Waals surface area contributed by atoms with E-state index in [0.29, 0.717) is 0 Å². The maximum Gasteiger partial charge on any atom is 0.119 e. The number of hydrogen-bond donors (Lipinski definition) is 0. The van der Waals surface area contributed by atoms with Crippen molar-refractivity contribution < 1.29 is 9.47 Å². The molecule has 0 unspecified atom stereocenters. The van der Waals surface area contributed by atoms with Gasteiger partial charge in [-0.2, -0.15) is 0 Å². The lowest BCUT2D eigenvalue weighted by Crippen LogP contribution is -1.94. The molecule has 4 heteroatoms. The Bertz CT molecular complexity index is 1580. The molecule has 0 spiro atoms. The molecule has 0 amide bonds. The van der Waals surface area contributed by atoms with Crippen LogP contribution in [-0.4, -0.2) is 13.2 Å². The first-order valence-electron chi connectivity index (χ1n) is 14.6. The molecule has 0 bridgehead atoms. The molecule has 0 aliphatic carbocycles. The zero-order valence-electron chi connectivity index (χ0n) is 24.0. The molecule has 0 atom stereocenters. The Morgan fingerprint density at radius 3 is 0.976 bits per heavy atom. The average Bonchev–Trinajstić information content (AvgIpc) is 3.74. The molecule has 2 heterocycles. The van der Waals surface area contributed by atoms with Crippen molar-refractivity contribution in [3.05, 3.63) is 121 Å². The van der Waals surface area contributed by atoms with Crippen LogP contribution in [0.25, 0.3) is 52.9 Å². The first-order valence-corrected chi connectivity index (χ1v) is 16.2. The molecule has 210 valence electrons. The fourth-order valence-electron chi connectivity index (χ4n) is 4.83. The Kier molecular flexibility index (Phi) is 8.83. The summed E-state index contributed by atoms with van der Waals surface area (Å²) in [6.07, 6.45) is 2.03. The van der Waals surface area contributed by atoms with E-state index in [1.54, 1.807) is 0 Å². The summed E-state index contributed by atoms with van der Waals surface area (Å²) < 4.78 is 11.4. The molecule has 0 aliphatic heterocycles. The second-order valence-electron chi connectivity index (χ2n) is 10.2. The van der Waals surface area contributed by atoms with Gasteiger partial charge in [0, 0.05) is 19.5 Å². The largest absolute Gasteiger partial charge is 0.494 e. The number of ether oxygens (including phenoxy) is 2. The summed E-state index contributed by atoms with van der Waals surface area (Å²) in [7, 11) is 0. The Morgan fingerprint density at radius 1 is 0.357 bits per heavy atom. The van der Waals surface area contributed by atoms with E-state index in [4.69, 9.17) is 9.47 Å². The van der Waals surface area contributed by atoms with E-state index in [9.17, 15) is 0 Å². The van der Waals surface area contributed by atoms with Gasteiger partial charge in [0.1, 0.15) is 11.5 Å². The van der Waals surface area contributed by atoms with E-state index in [1.807, 2.05) is 22.7 Å². The van der Waals surface area contributed by atoms with Crippen LogP contribution in [0.15, 0.2) is 121 Å². The van der Waals surface area contributed by atoms with E-state index in [-0.39, 0.29) is 0 Å². The first kappa shape index (κ1) is 28.0. The van der Waals surface area contributed by atoms with Gasteiger partial charge < -0.3 is 9.47 Å². The number of rotatable bonds is 11. The van der Waals surface area contributed by atoms with Gasteiger partial charge in [-0.25, -0.2) is 0 Å². The Hall–Kier alpha value is -4.12. The van der Waals surface area contributed by atoms with Crippen molar-refractivity contribution in [1.82, 2.24) is 0 Å². The lowest BCUT2D eigenvalue weighted by molar-refractivity contribution is 0.317. The standard InChI is InChI=1S/C38H34O2S2/c1-3-25-39-33-17-13-29(14-18-33)27-5-9-31(10-6-27)35-21-23-37(41-35)38-24-22-36(42-38)32-11-7-28(8-12-32)30-15-19-34(20-16-30)40-26-4-2/h5-24H,3-4,25-26H2,1-2H3. The smallest absolute Gasteiger partial charge is 0.119 e. The molecule has 2 aromatic heterocycles. The van der Waals surface area contributed by atoms with Gasteiger partial charge in [-0.1, -0.05) is 86.6 Å². The molecular formula is C38H34O2S2. The highest BCUT2D eigenvalue weighted by Crippen LogP contribution is 2.41. The minimum absolute atomic E-state index is 0.752. The summed E-state index contributed by atoms with van der Waals surface area (Å²) in [5, 5.41) is 0. The summed E-state index contributed by atoms with van der Waals surface area (Å²) >= 11 is 3.70. The number of hydrogen-bond acceptors (Lipinski definition) is 4. The Labute approximate surface area is 256 Å². The quantitative estimate of drug-likeness (QED) is 0.150. The third kappa shape index (κ3) is 6.51. The van der Waals surface area contributed by atoms with Crippen molar-refractivity contribution in [2.24, 2.45) is 0 Å². The summed E-state index contributed by atoms with van der Waals surface area (Å²) in [5.74, 6) is 1.85. The van der Waals surface area contributed by atoms with Crippen LogP contribution in [-0.2, 0) is 0 Å². The fraction of sp³-hybridized carbons (Fsp3) is 0.158. The van der Waals surface area contributed by atoms with Gasteiger partial charge in [-0.3, -0.25) is 0 Å². The fourth-order valence-corrected chi connectivity index (χ4v) is 6.95. The van der Waals surface area contributed by atoms with Crippen LogP contribution < -0.4 is 9.47 Å². The van der Waals surface area contributed by atoms with Crippen LogP contribution in [0, 0.1) is 0 Å². The SMILES string of the molecule is CCCOc1ccc(-c2ccc(-c3ccc(-c4ccc(-c5ccc(-c6ccc(OCCC)cc6)cc5)s4)s3)cc2)cc1. The highest BCUT2D eigenvalue weighted by atomic mass is 32.1. The maximum absolute atomic E-state index is 5.72. The molecule has 2 nitrogen and oxygen atoms in total. The molecule has 0 saturated carbocycles. The van der Waals surface area contributed by atoms with Crippen molar-refractivity contribution in [2.45, 2.75) is 26.7 Å². The lowest BCUT2D eigenvalue weighted by Gasteiger charge is -2.07. The number of benzene rings is 4. The molecule has 4 aromatic carbocycles. The van der Waals surface area contributed by atoms with Gasteiger partial charge in [0.2, 0.25) is 0 Å². The molecule has 0 fully saturated rings. The van der Waals surface area contributed by atoms with Gasteiger partial charge in [0.15, 0.2) is 0 Å². The summed E-state index contributed by atoms with van der Waals surface area (Å²) in [5.41, 5.74) is 7.32. The highest BCUT2D eigenvalue weighted by molar-refractivity contribution is 7.25. The van der Waals surface area contributed by atoms with E-state index in [0.717, 1.165) is 37.6 Å². The summed E-state index contributed by atoms with van der Waals surface area (Å²) in [6, 6.07) is 43.4. The van der Waals surface area contributed by atoms with Gasteiger partial charge in [0.05, 0.1) is 13.2 Å². The second-order valence-corrected chi connectivity index (χ2v) is 12.4. The molecular weight excluding hydrogens is 553 g/mol. The highest BCUT2D eigenvalue weighted by Gasteiger charge is 2.10. The van der Waals surface area contributed by atoms with E-state index in [2.05, 4.69) is 135 Å². The molecule has 0 aliphatic rings. The predicted molar refractivity (Wildman–Crippen MR) is 181 cm³/mol. The normalized spacial score (nSPS) is 11.0. The molecule has 6 rings (SSSR count). The molecule has 0 N–H and O–H groups in total. The monoisotopic (exact) mass is 586 g/mol. The van der Waals surface area contributed by atoms with Crippen molar-refractivity contribution in [2.75, 3.05) is 13.2 Å². The van der Waals surface area contributed by atoms with Crippen LogP contribution in [0.1, 0.15) is 26.7 Å². The second kappa shape index (κ2) is 13.2. The van der Waals surface area contributed by atoms with Crippen LogP contribution >= 0.6 is 22.7 Å². The van der Waals surface area contributed by atoms with E-state index < -0.39 is 0 Å². The summed E-state index contributed by atoms with van der Waals surface area (Å²) in [6.45, 7) is 5.75. The van der Waals surface area contributed by atoms with Crippen molar-refractivity contribution in [3.8, 4) is 64.4 Å². The maximum atomic E-state index is 5.72. The molecule has 42 heavy (non-hydrogen) atoms. The van der Waals surface area contributed by atoms with Gasteiger partial charge in [-0.05, 0) is 94.8 Å². The number of thiophene rings is 2. The first-order chi connectivity index (χ1) is 20.7.